The Morgan fingerprint density at radius 2 is 1.71 bits per heavy atom. The quantitative estimate of drug-likeness (QED) is 0.584. The van der Waals surface area contributed by atoms with Crippen LogP contribution in [0.25, 0.3) is 0 Å². The summed E-state index contributed by atoms with van der Waals surface area (Å²) in [5.41, 5.74) is 0.535. The highest BCUT2D eigenvalue weighted by Gasteiger charge is 2.64. The van der Waals surface area contributed by atoms with E-state index in [1.807, 2.05) is 0 Å². The van der Waals surface area contributed by atoms with E-state index in [2.05, 4.69) is 27.7 Å². The first-order valence-electron chi connectivity index (χ1n) is 13.1. The molecule has 4 aliphatic rings. The minimum Gasteiger partial charge on any atom is -0.469 e. The van der Waals surface area contributed by atoms with E-state index in [9.17, 15) is 15.0 Å². The fourth-order valence-corrected chi connectivity index (χ4v) is 9.58. The van der Waals surface area contributed by atoms with Crippen LogP contribution in [0.1, 0.15) is 91.9 Å². The molecular weight excluding hydrogens is 388 g/mol. The molecule has 31 heavy (non-hydrogen) atoms. The van der Waals surface area contributed by atoms with E-state index in [1.165, 1.54) is 32.8 Å². The molecule has 0 heterocycles. The zero-order valence-electron chi connectivity index (χ0n) is 20.5. The van der Waals surface area contributed by atoms with E-state index in [1.54, 1.807) is 0 Å². The van der Waals surface area contributed by atoms with Gasteiger partial charge in [0.1, 0.15) is 0 Å². The molecule has 178 valence electrons. The summed E-state index contributed by atoms with van der Waals surface area (Å²) in [4.78, 5) is 11.7. The van der Waals surface area contributed by atoms with E-state index in [4.69, 9.17) is 4.74 Å². The normalized spacial score (nSPS) is 50.2. The molecule has 4 saturated carbocycles. The van der Waals surface area contributed by atoms with Gasteiger partial charge in [-0.15, -0.1) is 0 Å². The minimum absolute atomic E-state index is 0.0952. The smallest absolute Gasteiger partial charge is 0.305 e. The molecule has 11 atom stereocenters. The Bertz CT molecular complexity index is 664. The molecule has 0 radical (unpaired) electrons. The number of methoxy groups -OCH3 is 1. The van der Waals surface area contributed by atoms with Gasteiger partial charge in [0, 0.05) is 6.42 Å². The molecular formula is C27H46O4. The lowest BCUT2D eigenvalue weighted by molar-refractivity contribution is -0.203. The lowest BCUT2D eigenvalue weighted by Gasteiger charge is -2.64. The molecule has 1 unspecified atom stereocenters. The monoisotopic (exact) mass is 434 g/mol. The van der Waals surface area contributed by atoms with Gasteiger partial charge in [-0.05, 0) is 104 Å². The van der Waals surface area contributed by atoms with Crippen molar-refractivity contribution in [1.29, 1.82) is 0 Å². The summed E-state index contributed by atoms with van der Waals surface area (Å²) < 4.78 is 4.88. The standard InChI is InChI=1S/C27H46O4/c1-6-18-22-15-17(28)11-13-27(22,4)21-12-14-26(3)19(16(2)7-10-23(29)31-5)8-9-20(26)24(21)25(18)30/h16-22,24-25,28,30H,6-15H2,1-5H3/t16-,17-,18?,19-,20+,21+,22+,24+,25-,26-,27-/m1/s1. The molecule has 0 spiro atoms. The highest BCUT2D eigenvalue weighted by molar-refractivity contribution is 5.69. The van der Waals surface area contributed by atoms with Crippen molar-refractivity contribution in [2.45, 2.75) is 104 Å². The second-order valence-electron chi connectivity index (χ2n) is 12.2. The van der Waals surface area contributed by atoms with Gasteiger partial charge in [0.05, 0.1) is 19.3 Å². The van der Waals surface area contributed by atoms with Crippen molar-refractivity contribution in [1.82, 2.24) is 0 Å². The third kappa shape index (κ3) is 3.68. The highest BCUT2D eigenvalue weighted by atomic mass is 16.5. The SMILES string of the molecule is CCC1[C@@H](O)[C@@H]2[C@H](CC[C@]3(C)[C@@H]([C@H](C)CCC(=O)OC)CC[C@@H]23)[C@@]2(C)CC[C@@H](O)C[C@@H]12. The summed E-state index contributed by atoms with van der Waals surface area (Å²) in [5, 5.41) is 22.2. The number of hydrogen-bond donors (Lipinski definition) is 2. The van der Waals surface area contributed by atoms with E-state index < -0.39 is 0 Å². The first-order chi connectivity index (χ1) is 14.7. The van der Waals surface area contributed by atoms with Gasteiger partial charge in [-0.3, -0.25) is 4.79 Å². The fraction of sp³-hybridized carbons (Fsp3) is 0.963. The van der Waals surface area contributed by atoms with Crippen molar-refractivity contribution < 1.29 is 19.7 Å². The molecule has 0 aliphatic heterocycles. The maximum absolute atomic E-state index is 11.8. The maximum atomic E-state index is 11.8. The molecule has 0 saturated heterocycles. The molecule has 4 nitrogen and oxygen atoms in total. The van der Waals surface area contributed by atoms with E-state index >= 15 is 0 Å². The fourth-order valence-electron chi connectivity index (χ4n) is 9.58. The van der Waals surface area contributed by atoms with E-state index in [0.29, 0.717) is 47.8 Å². The number of carbonyl (C=O) groups excluding carboxylic acids is 1. The summed E-state index contributed by atoms with van der Waals surface area (Å²) >= 11 is 0. The number of aliphatic hydroxyl groups is 2. The molecule has 2 N–H and O–H groups in total. The second-order valence-corrected chi connectivity index (χ2v) is 12.2. The molecule has 4 heteroatoms. The number of esters is 1. The number of hydrogen-bond acceptors (Lipinski definition) is 4. The number of ether oxygens (including phenoxy) is 1. The van der Waals surface area contributed by atoms with Gasteiger partial charge < -0.3 is 14.9 Å². The van der Waals surface area contributed by atoms with Crippen molar-refractivity contribution in [3.05, 3.63) is 0 Å². The number of fused-ring (bicyclic) bond motifs is 5. The third-order valence-electron chi connectivity index (χ3n) is 11.2. The summed E-state index contributed by atoms with van der Waals surface area (Å²) in [5.74, 6) is 3.41. The van der Waals surface area contributed by atoms with Crippen LogP contribution in [0, 0.1) is 52.3 Å². The zero-order chi connectivity index (χ0) is 22.6. The van der Waals surface area contributed by atoms with Gasteiger partial charge in [0.2, 0.25) is 0 Å². The first-order valence-corrected chi connectivity index (χ1v) is 13.1. The highest BCUT2D eigenvalue weighted by Crippen LogP contribution is 2.69. The minimum atomic E-state index is -0.230. The van der Waals surface area contributed by atoms with E-state index in [-0.39, 0.29) is 29.0 Å². The summed E-state index contributed by atoms with van der Waals surface area (Å²) in [7, 11) is 1.48. The Morgan fingerprint density at radius 3 is 2.39 bits per heavy atom. The first kappa shape index (κ1) is 23.5. The van der Waals surface area contributed by atoms with Crippen molar-refractivity contribution in [3.63, 3.8) is 0 Å². The van der Waals surface area contributed by atoms with Crippen LogP contribution in [0.2, 0.25) is 0 Å². The maximum Gasteiger partial charge on any atom is 0.305 e. The Kier molecular flexibility index (Phi) is 6.55. The average Bonchev–Trinajstić information content (AvgIpc) is 3.10. The van der Waals surface area contributed by atoms with Crippen molar-refractivity contribution in [2.75, 3.05) is 7.11 Å². The Morgan fingerprint density at radius 1 is 1.03 bits per heavy atom. The second kappa shape index (κ2) is 8.63. The number of rotatable bonds is 5. The Balaban J connectivity index is 1.58. The molecule has 4 rings (SSSR count). The molecule has 0 aromatic rings. The summed E-state index contributed by atoms with van der Waals surface area (Å²) in [6.07, 6.45) is 9.87. The predicted octanol–water partition coefficient (Wildman–Crippen LogP) is 5.20. The average molecular weight is 435 g/mol. The van der Waals surface area contributed by atoms with Crippen LogP contribution in [0.5, 0.6) is 0 Å². The number of carbonyl (C=O) groups is 1. The van der Waals surface area contributed by atoms with Gasteiger partial charge in [-0.2, -0.15) is 0 Å². The van der Waals surface area contributed by atoms with Crippen LogP contribution in [0.3, 0.4) is 0 Å². The molecule has 4 fully saturated rings. The zero-order valence-corrected chi connectivity index (χ0v) is 20.5. The molecule has 4 aliphatic carbocycles. The van der Waals surface area contributed by atoms with Gasteiger partial charge in [0.15, 0.2) is 0 Å². The lowest BCUT2D eigenvalue weighted by Crippen LogP contribution is -2.62. The molecule has 0 amide bonds. The largest absolute Gasteiger partial charge is 0.469 e. The molecule has 0 aromatic heterocycles. The van der Waals surface area contributed by atoms with Gasteiger partial charge in [-0.25, -0.2) is 0 Å². The number of aliphatic hydroxyl groups excluding tert-OH is 2. The van der Waals surface area contributed by atoms with Crippen molar-refractivity contribution >= 4 is 5.97 Å². The lowest BCUT2D eigenvalue weighted by atomic mass is 9.41. The van der Waals surface area contributed by atoms with Crippen LogP contribution in [0.15, 0.2) is 0 Å². The van der Waals surface area contributed by atoms with Crippen molar-refractivity contribution in [2.24, 2.45) is 52.3 Å². The summed E-state index contributed by atoms with van der Waals surface area (Å²) in [6, 6.07) is 0. The van der Waals surface area contributed by atoms with E-state index in [0.717, 1.165) is 32.1 Å². The van der Waals surface area contributed by atoms with Crippen LogP contribution in [0.4, 0.5) is 0 Å². The Hall–Kier alpha value is -0.610. The van der Waals surface area contributed by atoms with Gasteiger partial charge in [-0.1, -0.05) is 34.1 Å². The molecule has 0 bridgehead atoms. The topological polar surface area (TPSA) is 66.8 Å². The summed E-state index contributed by atoms with van der Waals surface area (Å²) in [6.45, 7) is 9.58. The van der Waals surface area contributed by atoms with Crippen molar-refractivity contribution in [3.8, 4) is 0 Å². The van der Waals surface area contributed by atoms with Crippen LogP contribution in [-0.4, -0.2) is 35.5 Å². The van der Waals surface area contributed by atoms with Gasteiger partial charge >= 0.3 is 5.97 Å². The van der Waals surface area contributed by atoms with Crippen LogP contribution >= 0.6 is 0 Å². The predicted molar refractivity (Wildman–Crippen MR) is 122 cm³/mol. The Labute approximate surface area is 189 Å². The third-order valence-corrected chi connectivity index (χ3v) is 11.2. The van der Waals surface area contributed by atoms with Crippen LogP contribution < -0.4 is 0 Å². The van der Waals surface area contributed by atoms with Gasteiger partial charge in [0.25, 0.3) is 0 Å². The molecule has 0 aromatic carbocycles. The van der Waals surface area contributed by atoms with Crippen LogP contribution in [-0.2, 0) is 9.53 Å².